The molecule has 0 unspecified atom stereocenters. The summed E-state index contributed by atoms with van der Waals surface area (Å²) in [6.45, 7) is 12.7. The SMILES string of the molecule is C=C(/C=C(\C=C/C)C1=CCc2nc(C)ccc21)N1CCN(C)CC1.[HH]. The zero-order chi connectivity index (χ0) is 17.1. The van der Waals surface area contributed by atoms with Crippen LogP contribution in [0.3, 0.4) is 0 Å². The number of likely N-dealkylation sites (N-methyl/N-ethyl adjacent to an activating group) is 1. The highest BCUT2D eigenvalue weighted by atomic mass is 15.2. The molecule has 1 aliphatic heterocycles. The molecular formula is C21H29N3. The number of rotatable bonds is 4. The van der Waals surface area contributed by atoms with E-state index >= 15 is 0 Å². The van der Waals surface area contributed by atoms with Gasteiger partial charge in [0, 0.05) is 51.0 Å². The molecule has 0 amide bonds. The van der Waals surface area contributed by atoms with Crippen LogP contribution in [0.15, 0.2) is 54.3 Å². The summed E-state index contributed by atoms with van der Waals surface area (Å²) in [5, 5.41) is 0. The van der Waals surface area contributed by atoms with E-state index in [1.807, 2.05) is 0 Å². The van der Waals surface area contributed by atoms with Gasteiger partial charge < -0.3 is 9.80 Å². The fraction of sp³-hybridized carbons (Fsp3) is 0.381. The van der Waals surface area contributed by atoms with Crippen LogP contribution in [0.5, 0.6) is 0 Å². The molecule has 1 aromatic heterocycles. The first-order chi connectivity index (χ1) is 11.6. The van der Waals surface area contributed by atoms with Crippen molar-refractivity contribution in [1.29, 1.82) is 0 Å². The number of hydrogen-bond donors (Lipinski definition) is 0. The largest absolute Gasteiger partial charge is 0.369 e. The molecule has 1 aliphatic carbocycles. The third-order valence-corrected chi connectivity index (χ3v) is 4.79. The number of fused-ring (bicyclic) bond motifs is 1. The molecule has 0 saturated carbocycles. The number of nitrogens with zero attached hydrogens (tertiary/aromatic N) is 3. The number of allylic oxidation sites excluding steroid dienone is 6. The maximum atomic E-state index is 4.68. The summed E-state index contributed by atoms with van der Waals surface area (Å²) in [7, 11) is 2.18. The molecule has 3 heteroatoms. The van der Waals surface area contributed by atoms with E-state index in [9.17, 15) is 0 Å². The molecule has 128 valence electrons. The van der Waals surface area contributed by atoms with Gasteiger partial charge in [0.05, 0.1) is 5.69 Å². The van der Waals surface area contributed by atoms with Crippen molar-refractivity contribution in [2.75, 3.05) is 33.2 Å². The quantitative estimate of drug-likeness (QED) is 0.785. The zero-order valence-corrected chi connectivity index (χ0v) is 15.0. The summed E-state index contributed by atoms with van der Waals surface area (Å²) < 4.78 is 0. The Morgan fingerprint density at radius 3 is 2.71 bits per heavy atom. The van der Waals surface area contributed by atoms with E-state index in [2.05, 4.69) is 78.7 Å². The minimum Gasteiger partial charge on any atom is -0.369 e. The average Bonchev–Trinajstić information content (AvgIpc) is 2.97. The van der Waals surface area contributed by atoms with Gasteiger partial charge in [-0.1, -0.05) is 30.9 Å². The normalized spacial score (nSPS) is 18.9. The van der Waals surface area contributed by atoms with E-state index in [0.29, 0.717) is 0 Å². The number of pyridine rings is 1. The van der Waals surface area contributed by atoms with Crippen molar-refractivity contribution in [3.8, 4) is 0 Å². The first-order valence-corrected chi connectivity index (χ1v) is 8.72. The van der Waals surface area contributed by atoms with Crippen LogP contribution in [-0.4, -0.2) is 48.0 Å². The molecule has 3 rings (SSSR count). The second kappa shape index (κ2) is 7.18. The van der Waals surface area contributed by atoms with E-state index in [1.54, 1.807) is 0 Å². The summed E-state index contributed by atoms with van der Waals surface area (Å²) in [5.41, 5.74) is 7.14. The van der Waals surface area contributed by atoms with Crippen LogP contribution in [0.1, 0.15) is 25.3 Å². The topological polar surface area (TPSA) is 19.4 Å². The van der Waals surface area contributed by atoms with Crippen LogP contribution in [0.2, 0.25) is 0 Å². The molecule has 24 heavy (non-hydrogen) atoms. The lowest BCUT2D eigenvalue weighted by Crippen LogP contribution is -2.43. The molecule has 0 spiro atoms. The molecule has 1 aromatic rings. The molecular weight excluding hydrogens is 294 g/mol. The standard InChI is InChI=1S/C21H27N3.H2/c1-5-6-18(15-17(3)24-13-11-23(4)12-14-24)19-9-10-21-20(19)8-7-16(2)22-21;/h5-9,15H,3,10-14H2,1-2,4H3;1H/b6-5-,18-15+;. The average molecular weight is 323 g/mol. The van der Waals surface area contributed by atoms with E-state index in [4.69, 9.17) is 0 Å². The Hall–Kier alpha value is -2.13. The Kier molecular flexibility index (Phi) is 5.00. The molecule has 0 bridgehead atoms. The summed E-state index contributed by atoms with van der Waals surface area (Å²) in [6.07, 6.45) is 9.72. The smallest absolute Gasteiger partial charge is 0.0523 e. The first kappa shape index (κ1) is 16.7. The Bertz CT molecular complexity index is 723. The predicted octanol–water partition coefficient (Wildman–Crippen LogP) is 3.84. The molecule has 2 aliphatic rings. The molecule has 0 aromatic carbocycles. The second-order valence-corrected chi connectivity index (χ2v) is 6.65. The molecule has 0 radical (unpaired) electrons. The van der Waals surface area contributed by atoms with Crippen LogP contribution < -0.4 is 0 Å². The fourth-order valence-corrected chi connectivity index (χ4v) is 3.35. The van der Waals surface area contributed by atoms with Crippen molar-refractivity contribution in [2.24, 2.45) is 0 Å². The predicted molar refractivity (Wildman–Crippen MR) is 104 cm³/mol. The number of aromatic nitrogens is 1. The van der Waals surface area contributed by atoms with Gasteiger partial charge in [-0.3, -0.25) is 4.98 Å². The van der Waals surface area contributed by atoms with Crippen molar-refractivity contribution in [3.63, 3.8) is 0 Å². The number of hydrogen-bond acceptors (Lipinski definition) is 3. The van der Waals surface area contributed by atoms with Crippen LogP contribution >= 0.6 is 0 Å². The van der Waals surface area contributed by atoms with Gasteiger partial charge >= 0.3 is 0 Å². The monoisotopic (exact) mass is 323 g/mol. The van der Waals surface area contributed by atoms with Crippen molar-refractivity contribution in [2.45, 2.75) is 20.3 Å². The highest BCUT2D eigenvalue weighted by molar-refractivity contribution is 5.86. The summed E-state index contributed by atoms with van der Waals surface area (Å²) >= 11 is 0. The number of aryl methyl sites for hydroxylation is 1. The molecule has 1 fully saturated rings. The first-order valence-electron chi connectivity index (χ1n) is 8.72. The van der Waals surface area contributed by atoms with Gasteiger partial charge in [-0.15, -0.1) is 0 Å². The lowest BCUT2D eigenvalue weighted by atomic mass is 9.99. The van der Waals surface area contributed by atoms with Gasteiger partial charge in [-0.05, 0) is 44.2 Å². The van der Waals surface area contributed by atoms with Gasteiger partial charge in [-0.2, -0.15) is 0 Å². The Morgan fingerprint density at radius 1 is 1.25 bits per heavy atom. The summed E-state index contributed by atoms with van der Waals surface area (Å²) in [5.74, 6) is 0. The maximum Gasteiger partial charge on any atom is 0.0523 e. The van der Waals surface area contributed by atoms with Crippen molar-refractivity contribution < 1.29 is 1.43 Å². The van der Waals surface area contributed by atoms with E-state index in [-0.39, 0.29) is 1.43 Å². The van der Waals surface area contributed by atoms with Gasteiger partial charge in [0.15, 0.2) is 0 Å². The van der Waals surface area contributed by atoms with Gasteiger partial charge in [-0.25, -0.2) is 0 Å². The lowest BCUT2D eigenvalue weighted by Gasteiger charge is -2.34. The molecule has 0 N–H and O–H groups in total. The summed E-state index contributed by atoms with van der Waals surface area (Å²) in [4.78, 5) is 9.43. The van der Waals surface area contributed by atoms with Crippen molar-refractivity contribution >= 4 is 5.57 Å². The highest BCUT2D eigenvalue weighted by Crippen LogP contribution is 2.33. The molecule has 2 heterocycles. The Morgan fingerprint density at radius 2 is 2.00 bits per heavy atom. The minimum absolute atomic E-state index is 0. The highest BCUT2D eigenvalue weighted by Gasteiger charge is 2.19. The van der Waals surface area contributed by atoms with E-state index in [1.165, 1.54) is 22.4 Å². The van der Waals surface area contributed by atoms with Crippen LogP contribution in [0.25, 0.3) is 5.57 Å². The van der Waals surface area contributed by atoms with Crippen LogP contribution in [0, 0.1) is 6.92 Å². The molecule has 3 nitrogen and oxygen atoms in total. The third kappa shape index (κ3) is 3.51. The zero-order valence-electron chi connectivity index (χ0n) is 15.0. The lowest BCUT2D eigenvalue weighted by molar-refractivity contribution is 0.190. The van der Waals surface area contributed by atoms with Crippen LogP contribution in [-0.2, 0) is 6.42 Å². The minimum atomic E-state index is 0. The van der Waals surface area contributed by atoms with E-state index in [0.717, 1.165) is 44.0 Å². The number of piperazine rings is 1. The van der Waals surface area contributed by atoms with Gasteiger partial charge in [0.25, 0.3) is 0 Å². The van der Waals surface area contributed by atoms with Gasteiger partial charge in [0.2, 0.25) is 0 Å². The van der Waals surface area contributed by atoms with Crippen molar-refractivity contribution in [1.82, 2.24) is 14.8 Å². The maximum absolute atomic E-state index is 4.68. The van der Waals surface area contributed by atoms with Gasteiger partial charge in [0.1, 0.15) is 0 Å². The van der Waals surface area contributed by atoms with Crippen LogP contribution in [0.4, 0.5) is 0 Å². The second-order valence-electron chi connectivity index (χ2n) is 6.65. The fourth-order valence-electron chi connectivity index (χ4n) is 3.35. The third-order valence-electron chi connectivity index (χ3n) is 4.79. The summed E-state index contributed by atoms with van der Waals surface area (Å²) in [6, 6.07) is 4.30. The molecule has 1 saturated heterocycles. The Labute approximate surface area is 147 Å². The van der Waals surface area contributed by atoms with E-state index < -0.39 is 0 Å². The molecule has 0 atom stereocenters. The van der Waals surface area contributed by atoms with Crippen molar-refractivity contribution in [3.05, 3.63) is 71.2 Å². The Balaban J connectivity index is 0.00000225.